The molecule has 1 N–H and O–H groups in total. The van der Waals surface area contributed by atoms with Gasteiger partial charge in [-0.3, -0.25) is 9.69 Å². The third-order valence-corrected chi connectivity index (χ3v) is 3.67. The molecular weight excluding hydrogens is 295 g/mol. The molecule has 1 fully saturated rings. The van der Waals surface area contributed by atoms with Gasteiger partial charge in [-0.25, -0.2) is 4.98 Å². The van der Waals surface area contributed by atoms with Crippen LogP contribution in [0, 0.1) is 5.92 Å². The lowest BCUT2D eigenvalue weighted by molar-refractivity contribution is -0.117. The molecule has 1 unspecified atom stereocenters. The zero-order chi connectivity index (χ0) is 11.7. The Morgan fingerprint density at radius 1 is 1.62 bits per heavy atom. The number of anilines is 1. The number of nitrogens with zero attached hydrogens (tertiary/aromatic N) is 2. The molecule has 1 aliphatic heterocycles. The Hall–Kier alpha value is -0.650. The molecule has 86 valence electrons. The fourth-order valence-corrected chi connectivity index (χ4v) is 2.10. The number of aromatic nitrogens is 1. The van der Waals surface area contributed by atoms with Gasteiger partial charge in [0.25, 0.3) is 0 Å². The van der Waals surface area contributed by atoms with Crippen LogP contribution in [0.5, 0.6) is 0 Å². The van der Waals surface area contributed by atoms with Crippen molar-refractivity contribution in [2.24, 2.45) is 5.92 Å². The molecule has 1 aliphatic rings. The lowest BCUT2D eigenvalue weighted by Crippen LogP contribution is -2.25. The summed E-state index contributed by atoms with van der Waals surface area (Å²) in [5.41, 5.74) is 0. The highest BCUT2D eigenvalue weighted by Crippen LogP contribution is 2.27. The van der Waals surface area contributed by atoms with Crippen molar-refractivity contribution in [3.05, 3.63) is 21.8 Å². The van der Waals surface area contributed by atoms with Crippen molar-refractivity contribution in [1.29, 1.82) is 0 Å². The van der Waals surface area contributed by atoms with E-state index in [2.05, 4.69) is 20.9 Å². The zero-order valence-corrected chi connectivity index (χ0v) is 10.7. The van der Waals surface area contributed by atoms with E-state index in [9.17, 15) is 4.79 Å². The molecule has 1 atom stereocenters. The number of hydrogen-bond acceptors (Lipinski definition) is 3. The monoisotopic (exact) mass is 304 g/mol. The predicted octanol–water partition coefficient (Wildman–Crippen LogP) is 1.84. The van der Waals surface area contributed by atoms with Crippen LogP contribution < -0.4 is 4.90 Å². The summed E-state index contributed by atoms with van der Waals surface area (Å²) in [6, 6.07) is 3.39. The smallest absolute Gasteiger partial charge is 0.228 e. The van der Waals surface area contributed by atoms with Crippen molar-refractivity contribution in [2.75, 3.05) is 18.1 Å². The van der Waals surface area contributed by atoms with Gasteiger partial charge < -0.3 is 5.11 Å². The highest BCUT2D eigenvalue weighted by molar-refractivity contribution is 9.10. The van der Waals surface area contributed by atoms with Crippen LogP contribution >= 0.6 is 27.5 Å². The van der Waals surface area contributed by atoms with Gasteiger partial charge in [-0.15, -0.1) is 0 Å². The zero-order valence-electron chi connectivity index (χ0n) is 8.36. The van der Waals surface area contributed by atoms with Gasteiger partial charge >= 0.3 is 0 Å². The number of hydrogen-bond donors (Lipinski definition) is 1. The molecule has 0 bridgehead atoms. The van der Waals surface area contributed by atoms with Gasteiger partial charge in [-0.1, -0.05) is 11.6 Å². The topological polar surface area (TPSA) is 53.4 Å². The van der Waals surface area contributed by atoms with Crippen LogP contribution in [0.3, 0.4) is 0 Å². The Morgan fingerprint density at radius 3 is 2.94 bits per heavy atom. The van der Waals surface area contributed by atoms with E-state index in [0.29, 0.717) is 28.4 Å². The first-order chi connectivity index (χ1) is 7.61. The van der Waals surface area contributed by atoms with Crippen LogP contribution in [-0.4, -0.2) is 29.1 Å². The molecule has 0 aromatic carbocycles. The van der Waals surface area contributed by atoms with Crippen LogP contribution in [0.4, 0.5) is 5.82 Å². The van der Waals surface area contributed by atoms with E-state index in [-0.39, 0.29) is 18.4 Å². The van der Waals surface area contributed by atoms with Crippen molar-refractivity contribution >= 4 is 39.3 Å². The largest absolute Gasteiger partial charge is 0.396 e. The number of aliphatic hydroxyl groups is 1. The minimum Gasteiger partial charge on any atom is -0.396 e. The summed E-state index contributed by atoms with van der Waals surface area (Å²) in [6.07, 6.45) is 0.373. The maximum absolute atomic E-state index is 11.7. The van der Waals surface area contributed by atoms with Gasteiger partial charge in [-0.05, 0) is 28.1 Å². The summed E-state index contributed by atoms with van der Waals surface area (Å²) in [7, 11) is 0. The first-order valence-corrected chi connectivity index (χ1v) is 6.02. The maximum Gasteiger partial charge on any atom is 0.228 e. The molecule has 4 nitrogen and oxygen atoms in total. The van der Waals surface area contributed by atoms with Crippen LogP contribution in [0.15, 0.2) is 16.7 Å². The summed E-state index contributed by atoms with van der Waals surface area (Å²) < 4.78 is 0.520. The molecule has 1 amide bonds. The predicted molar refractivity (Wildman–Crippen MR) is 64.5 cm³/mol. The second-order valence-electron chi connectivity index (χ2n) is 3.70. The Balaban J connectivity index is 2.24. The molecule has 0 saturated carbocycles. The highest BCUT2D eigenvalue weighted by atomic mass is 79.9. The van der Waals surface area contributed by atoms with E-state index >= 15 is 0 Å². The summed E-state index contributed by atoms with van der Waals surface area (Å²) >= 11 is 9.04. The van der Waals surface area contributed by atoms with Gasteiger partial charge in [-0.2, -0.15) is 0 Å². The molecule has 1 saturated heterocycles. The van der Waals surface area contributed by atoms with E-state index in [1.165, 1.54) is 0 Å². The van der Waals surface area contributed by atoms with E-state index in [1.807, 2.05) is 0 Å². The number of carbonyl (C=O) groups is 1. The minimum atomic E-state index is -0.0132. The Morgan fingerprint density at radius 2 is 2.38 bits per heavy atom. The minimum absolute atomic E-state index is 0.00348. The van der Waals surface area contributed by atoms with Gasteiger partial charge in [0.2, 0.25) is 5.91 Å². The third kappa shape index (κ3) is 2.21. The molecule has 1 aromatic rings. The third-order valence-electron chi connectivity index (χ3n) is 2.53. The molecule has 6 heteroatoms. The number of carbonyl (C=O) groups excluding carboxylic acids is 1. The van der Waals surface area contributed by atoms with E-state index in [1.54, 1.807) is 17.0 Å². The number of rotatable bonds is 2. The molecule has 16 heavy (non-hydrogen) atoms. The lowest BCUT2D eigenvalue weighted by atomic mass is 10.1. The molecule has 0 radical (unpaired) electrons. The first kappa shape index (κ1) is 11.8. The molecular formula is C10H10BrClN2O2. The van der Waals surface area contributed by atoms with Crippen LogP contribution in [0.1, 0.15) is 6.42 Å². The normalized spacial score (nSPS) is 20.6. The Labute approximate surface area is 106 Å². The number of halogens is 2. The Kier molecular flexibility index (Phi) is 3.47. The molecule has 2 rings (SSSR count). The van der Waals surface area contributed by atoms with Gasteiger partial charge in [0.1, 0.15) is 10.4 Å². The number of amides is 1. The highest BCUT2D eigenvalue weighted by Gasteiger charge is 2.30. The lowest BCUT2D eigenvalue weighted by Gasteiger charge is -2.15. The maximum atomic E-state index is 11.7. The number of aliphatic hydroxyl groups excluding tert-OH is 1. The first-order valence-electron chi connectivity index (χ1n) is 4.85. The van der Waals surface area contributed by atoms with Crippen molar-refractivity contribution in [3.8, 4) is 0 Å². The molecule has 0 spiro atoms. The van der Waals surface area contributed by atoms with Gasteiger partial charge in [0.05, 0.1) is 5.02 Å². The Bertz CT molecular complexity index is 427. The average Bonchev–Trinajstić information content (AvgIpc) is 2.64. The summed E-state index contributed by atoms with van der Waals surface area (Å²) in [5.74, 6) is 0.557. The summed E-state index contributed by atoms with van der Waals surface area (Å²) in [4.78, 5) is 17.4. The van der Waals surface area contributed by atoms with E-state index in [4.69, 9.17) is 16.7 Å². The van der Waals surface area contributed by atoms with Crippen LogP contribution in [0.2, 0.25) is 5.02 Å². The fraction of sp³-hybridized carbons (Fsp3) is 0.400. The van der Waals surface area contributed by atoms with E-state index in [0.717, 1.165) is 0 Å². The van der Waals surface area contributed by atoms with E-state index < -0.39 is 0 Å². The van der Waals surface area contributed by atoms with Crippen LogP contribution in [0.25, 0.3) is 0 Å². The SMILES string of the molecule is O=C1CC(CO)CN1c1ccc(Cl)c(Br)n1. The quantitative estimate of drug-likeness (QED) is 0.848. The van der Waals surface area contributed by atoms with Gasteiger partial charge in [0.15, 0.2) is 0 Å². The standard InChI is InChI=1S/C10H10BrClN2O2/c11-10-7(12)1-2-8(13-10)14-4-6(5-15)3-9(14)16/h1-2,6,15H,3-5H2. The molecule has 2 heterocycles. The van der Waals surface area contributed by atoms with Crippen molar-refractivity contribution < 1.29 is 9.90 Å². The van der Waals surface area contributed by atoms with Crippen molar-refractivity contribution in [3.63, 3.8) is 0 Å². The van der Waals surface area contributed by atoms with Crippen LogP contribution in [-0.2, 0) is 4.79 Å². The molecule has 1 aromatic heterocycles. The average molecular weight is 306 g/mol. The summed E-state index contributed by atoms with van der Waals surface area (Å²) in [6.45, 7) is 0.535. The second-order valence-corrected chi connectivity index (χ2v) is 4.86. The van der Waals surface area contributed by atoms with Gasteiger partial charge in [0, 0.05) is 25.5 Å². The van der Waals surface area contributed by atoms with Crippen molar-refractivity contribution in [2.45, 2.75) is 6.42 Å². The fourth-order valence-electron chi connectivity index (χ4n) is 1.68. The van der Waals surface area contributed by atoms with Crippen molar-refractivity contribution in [1.82, 2.24) is 4.98 Å². The molecule has 0 aliphatic carbocycles. The second kappa shape index (κ2) is 4.69. The number of pyridine rings is 1. The summed E-state index contributed by atoms with van der Waals surface area (Å²) in [5, 5.41) is 9.53.